The Kier molecular flexibility index (Phi) is 7.73. The zero-order valence-electron chi connectivity index (χ0n) is 20.0. The fourth-order valence-corrected chi connectivity index (χ4v) is 4.09. The summed E-state index contributed by atoms with van der Waals surface area (Å²) in [7, 11) is 1.72. The first-order chi connectivity index (χ1) is 15.2. The van der Waals surface area contributed by atoms with Crippen molar-refractivity contribution in [2.45, 2.75) is 59.0 Å². The largest absolute Gasteiger partial charge is 0.384 e. The summed E-state index contributed by atoms with van der Waals surface area (Å²) in [5.41, 5.74) is 3.20. The van der Waals surface area contributed by atoms with Crippen LogP contribution in [0.4, 0.5) is 11.4 Å². The minimum absolute atomic E-state index is 0.0919. The second kappa shape index (κ2) is 10.3. The monoisotopic (exact) mass is 436 g/mol. The van der Waals surface area contributed by atoms with Crippen LogP contribution in [0.5, 0.6) is 0 Å². The van der Waals surface area contributed by atoms with Crippen LogP contribution in [0.15, 0.2) is 36.4 Å². The Balaban J connectivity index is 1.88. The summed E-state index contributed by atoms with van der Waals surface area (Å²) in [6, 6.07) is 11.0. The first-order valence-electron chi connectivity index (χ1n) is 11.6. The first kappa shape index (κ1) is 24.0. The molecule has 1 aliphatic carbocycles. The van der Waals surface area contributed by atoms with Gasteiger partial charge in [0.05, 0.1) is 16.7 Å². The average molecular weight is 437 g/mol. The zero-order valence-corrected chi connectivity index (χ0v) is 20.0. The predicted octanol–water partition coefficient (Wildman–Crippen LogP) is 5.93. The molecule has 1 aliphatic rings. The molecule has 0 saturated heterocycles. The lowest BCUT2D eigenvalue weighted by Crippen LogP contribution is -2.25. The van der Waals surface area contributed by atoms with Crippen LogP contribution in [0.1, 0.15) is 85.2 Å². The van der Waals surface area contributed by atoms with Crippen LogP contribution < -0.4 is 10.6 Å². The second-order valence-corrected chi connectivity index (χ2v) is 9.57. The maximum atomic E-state index is 13.4. The average Bonchev–Trinajstić information content (AvgIpc) is 2.78. The molecule has 0 heterocycles. The van der Waals surface area contributed by atoms with Crippen LogP contribution in [-0.2, 0) is 4.74 Å². The van der Waals surface area contributed by atoms with E-state index in [1.54, 1.807) is 19.2 Å². The highest BCUT2D eigenvalue weighted by atomic mass is 16.5. The number of fused-ring (bicyclic) bond motifs is 2. The molecule has 5 nitrogen and oxygen atoms in total. The molecule has 0 aromatic heterocycles. The van der Waals surface area contributed by atoms with E-state index >= 15 is 0 Å². The van der Waals surface area contributed by atoms with Gasteiger partial charge >= 0.3 is 0 Å². The van der Waals surface area contributed by atoms with Crippen molar-refractivity contribution >= 4 is 22.9 Å². The third-order valence-electron chi connectivity index (χ3n) is 6.17. The summed E-state index contributed by atoms with van der Waals surface area (Å²) in [6.45, 7) is 10.0. The number of benzene rings is 2. The van der Waals surface area contributed by atoms with Crippen LogP contribution in [0.3, 0.4) is 0 Å². The van der Waals surface area contributed by atoms with Gasteiger partial charge in [-0.2, -0.15) is 0 Å². The molecule has 172 valence electrons. The predicted molar refractivity (Wildman–Crippen MR) is 131 cm³/mol. The molecule has 0 saturated carbocycles. The highest BCUT2D eigenvalue weighted by Gasteiger charge is 2.33. The lowest BCUT2D eigenvalue weighted by molar-refractivity contribution is 0.0146. The fourth-order valence-electron chi connectivity index (χ4n) is 4.09. The van der Waals surface area contributed by atoms with E-state index < -0.39 is 0 Å². The molecule has 32 heavy (non-hydrogen) atoms. The van der Waals surface area contributed by atoms with E-state index in [4.69, 9.17) is 4.74 Å². The van der Waals surface area contributed by atoms with Crippen LogP contribution in [-0.4, -0.2) is 37.4 Å². The molecule has 0 amide bonds. The molecule has 0 fully saturated rings. The molecule has 0 bridgehead atoms. The van der Waals surface area contributed by atoms with Gasteiger partial charge in [-0.15, -0.1) is 0 Å². The number of ether oxygens (including phenoxy) is 1. The third-order valence-corrected chi connectivity index (χ3v) is 6.17. The van der Waals surface area contributed by atoms with Gasteiger partial charge in [0.15, 0.2) is 11.6 Å². The fraction of sp³-hybridized carbons (Fsp3) is 0.481. The zero-order chi connectivity index (χ0) is 23.3. The number of carbonyl (C=O) groups excluding carboxylic acids is 2. The Morgan fingerprint density at radius 3 is 1.81 bits per heavy atom. The number of methoxy groups -OCH3 is 1. The van der Waals surface area contributed by atoms with Gasteiger partial charge in [-0.1, -0.05) is 38.1 Å². The number of hydrogen-bond acceptors (Lipinski definition) is 5. The summed E-state index contributed by atoms with van der Waals surface area (Å²) in [4.78, 5) is 26.9. The van der Waals surface area contributed by atoms with E-state index in [1.165, 1.54) is 0 Å². The van der Waals surface area contributed by atoms with E-state index in [-0.39, 0.29) is 17.2 Å². The van der Waals surface area contributed by atoms with Gasteiger partial charge in [-0.25, -0.2) is 0 Å². The van der Waals surface area contributed by atoms with Crippen LogP contribution >= 0.6 is 0 Å². The van der Waals surface area contributed by atoms with E-state index in [9.17, 15) is 9.59 Å². The topological polar surface area (TPSA) is 67.4 Å². The maximum Gasteiger partial charge on any atom is 0.196 e. The van der Waals surface area contributed by atoms with Gasteiger partial charge in [0, 0.05) is 42.7 Å². The Morgan fingerprint density at radius 2 is 1.34 bits per heavy atom. The number of anilines is 2. The van der Waals surface area contributed by atoms with Crippen LogP contribution in [0, 0.1) is 5.92 Å². The smallest absolute Gasteiger partial charge is 0.196 e. The normalized spacial score (nSPS) is 13.2. The van der Waals surface area contributed by atoms with Crippen molar-refractivity contribution in [1.82, 2.24) is 0 Å². The minimum atomic E-state index is -0.185. The molecule has 2 aromatic rings. The Bertz CT molecular complexity index is 979. The standard InChI is InChI=1S/C27H36N2O3/c1-18(2)10-8-16-28-21-13-14-22(29-17-9-15-27(3,4)32-5)24-23(21)25(30)19-11-6-7-12-20(19)26(24)31/h6-7,11-14,18,28-29H,8-10,15-17H2,1-5H3. The number of rotatable bonds is 11. The molecule has 0 radical (unpaired) electrons. The quantitative estimate of drug-likeness (QED) is 0.365. The van der Waals surface area contributed by atoms with Gasteiger partial charge in [0.25, 0.3) is 0 Å². The lowest BCUT2D eigenvalue weighted by Gasteiger charge is -2.25. The SMILES string of the molecule is COC(C)(C)CCCNc1ccc(NCCCC(C)C)c2c1C(=O)c1ccccc1C2=O. The van der Waals surface area contributed by atoms with Crippen molar-refractivity contribution < 1.29 is 14.3 Å². The van der Waals surface area contributed by atoms with Gasteiger partial charge < -0.3 is 15.4 Å². The van der Waals surface area contributed by atoms with Crippen molar-refractivity contribution in [1.29, 1.82) is 0 Å². The Labute approximate surface area is 191 Å². The van der Waals surface area contributed by atoms with Crippen molar-refractivity contribution in [2.75, 3.05) is 30.8 Å². The number of nitrogens with one attached hydrogen (secondary N) is 2. The first-order valence-corrected chi connectivity index (χ1v) is 11.6. The molecular weight excluding hydrogens is 400 g/mol. The van der Waals surface area contributed by atoms with Gasteiger partial charge in [0.2, 0.25) is 0 Å². The van der Waals surface area contributed by atoms with E-state index in [2.05, 4.69) is 38.3 Å². The van der Waals surface area contributed by atoms with Crippen molar-refractivity contribution in [3.05, 3.63) is 58.7 Å². The highest BCUT2D eigenvalue weighted by Crippen LogP contribution is 2.36. The van der Waals surface area contributed by atoms with Crippen molar-refractivity contribution in [2.24, 2.45) is 5.92 Å². The van der Waals surface area contributed by atoms with E-state index in [1.807, 2.05) is 24.3 Å². The molecule has 3 rings (SSSR count). The summed E-state index contributed by atoms with van der Waals surface area (Å²) >= 11 is 0. The molecule has 0 atom stereocenters. The van der Waals surface area contributed by atoms with Gasteiger partial charge in [-0.05, 0) is 57.6 Å². The van der Waals surface area contributed by atoms with E-state index in [0.29, 0.717) is 34.7 Å². The van der Waals surface area contributed by atoms with Gasteiger partial charge in [-0.3, -0.25) is 9.59 Å². The summed E-state index contributed by atoms with van der Waals surface area (Å²) < 4.78 is 5.49. The molecule has 2 N–H and O–H groups in total. The van der Waals surface area contributed by atoms with E-state index in [0.717, 1.165) is 43.6 Å². The Hall–Kier alpha value is -2.66. The minimum Gasteiger partial charge on any atom is -0.384 e. The lowest BCUT2D eigenvalue weighted by atomic mass is 9.82. The Morgan fingerprint density at radius 1 is 0.844 bits per heavy atom. The molecule has 0 spiro atoms. The van der Waals surface area contributed by atoms with Crippen molar-refractivity contribution in [3.8, 4) is 0 Å². The summed E-state index contributed by atoms with van der Waals surface area (Å²) in [5, 5.41) is 6.82. The molecule has 0 unspecified atom stereocenters. The number of ketones is 2. The maximum absolute atomic E-state index is 13.4. The molecule has 0 aliphatic heterocycles. The molecular formula is C27H36N2O3. The van der Waals surface area contributed by atoms with Gasteiger partial charge in [0.1, 0.15) is 0 Å². The molecule has 5 heteroatoms. The number of hydrogen-bond donors (Lipinski definition) is 2. The third kappa shape index (κ3) is 5.39. The van der Waals surface area contributed by atoms with Crippen LogP contribution in [0.25, 0.3) is 0 Å². The number of carbonyl (C=O) groups is 2. The molecule has 2 aromatic carbocycles. The van der Waals surface area contributed by atoms with Crippen molar-refractivity contribution in [3.63, 3.8) is 0 Å². The summed E-state index contributed by atoms with van der Waals surface area (Å²) in [5.74, 6) is 0.446. The second-order valence-electron chi connectivity index (χ2n) is 9.57. The summed E-state index contributed by atoms with van der Waals surface area (Å²) in [6.07, 6.45) is 3.91. The van der Waals surface area contributed by atoms with Crippen LogP contribution in [0.2, 0.25) is 0 Å². The highest BCUT2D eigenvalue weighted by molar-refractivity contribution is 6.31.